The summed E-state index contributed by atoms with van der Waals surface area (Å²) in [6.07, 6.45) is -0.720. The number of hydrogen-bond acceptors (Lipinski definition) is 5. The van der Waals surface area contributed by atoms with E-state index in [-0.39, 0.29) is 5.91 Å². The Hall–Kier alpha value is -2.90. The summed E-state index contributed by atoms with van der Waals surface area (Å²) in [6.45, 7) is 1.20. The lowest BCUT2D eigenvalue weighted by Gasteiger charge is -2.16. The second-order valence-corrected chi connectivity index (χ2v) is 6.52. The van der Waals surface area contributed by atoms with Crippen molar-refractivity contribution in [3.8, 4) is 0 Å². The van der Waals surface area contributed by atoms with Crippen molar-refractivity contribution in [3.63, 3.8) is 0 Å². The molecule has 1 unspecified atom stereocenters. The number of oxazole rings is 1. The first-order valence-corrected chi connectivity index (χ1v) is 8.66. The van der Waals surface area contributed by atoms with Gasteiger partial charge in [0.25, 0.3) is 5.91 Å². The van der Waals surface area contributed by atoms with Gasteiger partial charge < -0.3 is 19.4 Å². The molecule has 0 saturated heterocycles. The van der Waals surface area contributed by atoms with Crippen LogP contribution in [0.5, 0.6) is 0 Å². The van der Waals surface area contributed by atoms with Crippen LogP contribution >= 0.6 is 0 Å². The normalized spacial score (nSPS) is 12.4. The molecule has 1 heterocycles. The van der Waals surface area contributed by atoms with Crippen molar-refractivity contribution < 1.29 is 13.9 Å². The van der Waals surface area contributed by atoms with Gasteiger partial charge in [-0.1, -0.05) is 30.3 Å². The van der Waals surface area contributed by atoms with Gasteiger partial charge in [-0.3, -0.25) is 9.36 Å². The number of ether oxygens (including phenoxy) is 1. The van der Waals surface area contributed by atoms with Gasteiger partial charge in [-0.2, -0.15) is 0 Å². The largest absolute Gasteiger partial charge is 0.419 e. The van der Waals surface area contributed by atoms with E-state index in [0.29, 0.717) is 29.9 Å². The van der Waals surface area contributed by atoms with E-state index >= 15 is 0 Å². The average molecular weight is 369 g/mol. The molecule has 7 nitrogen and oxygen atoms in total. The third-order valence-electron chi connectivity index (χ3n) is 4.28. The summed E-state index contributed by atoms with van der Waals surface area (Å²) in [5.74, 6) is -0.692. The van der Waals surface area contributed by atoms with Gasteiger partial charge in [0, 0.05) is 25.9 Å². The maximum Gasteiger partial charge on any atom is 0.419 e. The average Bonchev–Trinajstić information content (AvgIpc) is 2.96. The van der Waals surface area contributed by atoms with Crippen LogP contribution in [0, 0.1) is 0 Å². The minimum atomic E-state index is -0.720. The van der Waals surface area contributed by atoms with Crippen LogP contribution in [0.4, 0.5) is 5.69 Å². The van der Waals surface area contributed by atoms with E-state index in [4.69, 9.17) is 9.15 Å². The molecular weight excluding hydrogens is 346 g/mol. The van der Waals surface area contributed by atoms with Crippen LogP contribution in [0.15, 0.2) is 57.7 Å². The van der Waals surface area contributed by atoms with Crippen LogP contribution in [0.1, 0.15) is 11.7 Å². The number of nitrogens with zero attached hydrogens (tertiary/aromatic N) is 2. The minimum absolute atomic E-state index is 0.284. The Balaban J connectivity index is 1.85. The Kier molecular flexibility index (Phi) is 5.73. The van der Waals surface area contributed by atoms with Gasteiger partial charge in [-0.15, -0.1) is 0 Å². The number of nitrogens with one attached hydrogen (secondary N) is 1. The second kappa shape index (κ2) is 8.20. The summed E-state index contributed by atoms with van der Waals surface area (Å²) in [7, 11) is 5.37. The van der Waals surface area contributed by atoms with E-state index in [1.165, 1.54) is 7.11 Å². The molecule has 1 aromatic heterocycles. The van der Waals surface area contributed by atoms with Crippen molar-refractivity contribution >= 4 is 22.7 Å². The van der Waals surface area contributed by atoms with E-state index in [1.807, 2.05) is 49.3 Å². The van der Waals surface area contributed by atoms with E-state index < -0.39 is 11.9 Å². The molecule has 3 rings (SSSR count). The molecule has 2 aromatic carbocycles. The zero-order valence-electron chi connectivity index (χ0n) is 15.6. The molecule has 142 valence electrons. The third-order valence-corrected chi connectivity index (χ3v) is 4.28. The van der Waals surface area contributed by atoms with E-state index in [2.05, 4.69) is 5.32 Å². The monoisotopic (exact) mass is 369 g/mol. The maximum atomic E-state index is 12.7. The number of anilines is 1. The first-order valence-electron chi connectivity index (χ1n) is 8.66. The molecule has 0 saturated carbocycles. The molecule has 7 heteroatoms. The summed E-state index contributed by atoms with van der Waals surface area (Å²) < 4.78 is 12.2. The van der Waals surface area contributed by atoms with Gasteiger partial charge in [-0.05, 0) is 37.9 Å². The van der Waals surface area contributed by atoms with Crippen molar-refractivity contribution in [3.05, 3.63) is 64.6 Å². The predicted octanol–water partition coefficient (Wildman–Crippen LogP) is 2.48. The molecule has 1 N–H and O–H groups in total. The zero-order chi connectivity index (χ0) is 19.4. The quantitative estimate of drug-likeness (QED) is 0.692. The highest BCUT2D eigenvalue weighted by Gasteiger charge is 2.20. The number of hydrogen-bond donors (Lipinski definition) is 1. The summed E-state index contributed by atoms with van der Waals surface area (Å²) in [5, 5.41) is 2.85. The van der Waals surface area contributed by atoms with Gasteiger partial charge in [-0.25, -0.2) is 4.79 Å². The van der Waals surface area contributed by atoms with E-state index in [1.54, 1.807) is 22.8 Å². The van der Waals surface area contributed by atoms with Gasteiger partial charge in [0.2, 0.25) is 0 Å². The highest BCUT2D eigenvalue weighted by molar-refractivity contribution is 5.96. The molecule has 3 aromatic rings. The van der Waals surface area contributed by atoms with E-state index in [9.17, 15) is 9.59 Å². The number of carbonyl (C=O) groups excluding carboxylic acids is 1. The standard InChI is InChI=1S/C20H23N3O4/c1-22(2)11-12-23-16-13-15(9-10-17(16)27-20(23)25)21-19(24)18(26-3)14-7-5-4-6-8-14/h4-10,13,18H,11-12H2,1-3H3,(H,21,24). The molecule has 1 atom stereocenters. The smallest absolute Gasteiger partial charge is 0.408 e. The van der Waals surface area contributed by atoms with Crippen LogP contribution in [0.25, 0.3) is 11.1 Å². The van der Waals surface area contributed by atoms with Gasteiger partial charge >= 0.3 is 5.76 Å². The number of amides is 1. The Morgan fingerprint density at radius 3 is 2.63 bits per heavy atom. The van der Waals surface area contributed by atoms with Gasteiger partial charge in [0.15, 0.2) is 11.7 Å². The molecule has 1 amide bonds. The SMILES string of the molecule is COC(C(=O)Nc1ccc2oc(=O)n(CCN(C)C)c2c1)c1ccccc1. The highest BCUT2D eigenvalue weighted by Crippen LogP contribution is 2.22. The van der Waals surface area contributed by atoms with Crippen LogP contribution in [0.2, 0.25) is 0 Å². The molecule has 27 heavy (non-hydrogen) atoms. The number of benzene rings is 2. The van der Waals surface area contributed by atoms with Crippen LogP contribution in [0.3, 0.4) is 0 Å². The first kappa shape index (κ1) is 18.9. The topological polar surface area (TPSA) is 76.7 Å². The fourth-order valence-electron chi connectivity index (χ4n) is 2.88. The molecule has 0 radical (unpaired) electrons. The minimum Gasteiger partial charge on any atom is -0.408 e. The number of carbonyl (C=O) groups is 1. The summed E-state index contributed by atoms with van der Waals surface area (Å²) >= 11 is 0. The Bertz CT molecular complexity index is 976. The number of aromatic nitrogens is 1. The second-order valence-electron chi connectivity index (χ2n) is 6.52. The third kappa shape index (κ3) is 4.27. The molecule has 0 spiro atoms. The van der Waals surface area contributed by atoms with Gasteiger partial charge in [0.05, 0.1) is 5.52 Å². The molecular formula is C20H23N3O4. The van der Waals surface area contributed by atoms with E-state index in [0.717, 1.165) is 5.56 Å². The maximum absolute atomic E-state index is 12.7. The summed E-state index contributed by atoms with van der Waals surface area (Å²) in [4.78, 5) is 26.7. The lowest BCUT2D eigenvalue weighted by atomic mass is 10.1. The van der Waals surface area contributed by atoms with Crippen molar-refractivity contribution in [2.24, 2.45) is 0 Å². The lowest BCUT2D eigenvalue weighted by molar-refractivity contribution is -0.126. The zero-order valence-corrected chi connectivity index (χ0v) is 15.6. The fourth-order valence-corrected chi connectivity index (χ4v) is 2.88. The highest BCUT2D eigenvalue weighted by atomic mass is 16.5. The summed E-state index contributed by atoms with van der Waals surface area (Å²) in [6, 6.07) is 14.4. The first-order chi connectivity index (χ1) is 13.0. The molecule has 0 fully saturated rings. The molecule has 0 aliphatic rings. The van der Waals surface area contributed by atoms with Crippen molar-refractivity contribution in [1.29, 1.82) is 0 Å². The molecule has 0 aliphatic heterocycles. The van der Waals surface area contributed by atoms with Crippen LogP contribution in [-0.4, -0.2) is 43.1 Å². The number of rotatable bonds is 7. The number of methoxy groups -OCH3 is 1. The van der Waals surface area contributed by atoms with Crippen molar-refractivity contribution in [2.45, 2.75) is 12.6 Å². The lowest BCUT2D eigenvalue weighted by Crippen LogP contribution is -2.24. The Morgan fingerprint density at radius 2 is 1.96 bits per heavy atom. The van der Waals surface area contributed by atoms with Crippen molar-refractivity contribution in [2.75, 3.05) is 33.1 Å². The predicted molar refractivity (Wildman–Crippen MR) is 104 cm³/mol. The Morgan fingerprint density at radius 1 is 1.22 bits per heavy atom. The van der Waals surface area contributed by atoms with Crippen molar-refractivity contribution in [1.82, 2.24) is 9.47 Å². The van der Waals surface area contributed by atoms with Gasteiger partial charge in [0.1, 0.15) is 0 Å². The molecule has 0 aliphatic carbocycles. The molecule has 0 bridgehead atoms. The number of fused-ring (bicyclic) bond motifs is 1. The van der Waals surface area contributed by atoms with Crippen LogP contribution in [-0.2, 0) is 16.1 Å². The summed E-state index contributed by atoms with van der Waals surface area (Å²) in [5.41, 5.74) is 2.48. The Labute approximate surface area is 157 Å². The number of likely N-dealkylation sites (N-methyl/N-ethyl adjacent to an activating group) is 1. The van der Waals surface area contributed by atoms with Crippen LogP contribution < -0.4 is 11.1 Å². The fraction of sp³-hybridized carbons (Fsp3) is 0.300.